The molecule has 0 bridgehead atoms. The fourth-order valence-corrected chi connectivity index (χ4v) is 5.35. The number of hydrogen-bond donors (Lipinski definition) is 0. The third-order valence-electron chi connectivity index (χ3n) is 4.42. The zero-order chi connectivity index (χ0) is 17.4. The molecule has 2 aromatic heterocycles. The number of hydrogen-bond acceptors (Lipinski definition) is 3. The van der Waals surface area contributed by atoms with E-state index in [9.17, 15) is 8.42 Å². The molecule has 3 aromatic rings. The first kappa shape index (κ1) is 16.3. The Balaban J connectivity index is 1.87. The first-order valence-electron chi connectivity index (χ1n) is 7.90. The van der Waals surface area contributed by atoms with Crippen LogP contribution < -0.4 is 0 Å². The van der Waals surface area contributed by atoms with Crippen LogP contribution in [0, 0.1) is 0 Å². The van der Waals surface area contributed by atoms with Crippen LogP contribution >= 0.6 is 11.6 Å². The number of nitrogens with zero attached hydrogens (tertiary/aromatic N) is 3. The first-order chi connectivity index (χ1) is 12.1. The van der Waals surface area contributed by atoms with E-state index >= 15 is 0 Å². The summed E-state index contributed by atoms with van der Waals surface area (Å²) >= 11 is 6.18. The van der Waals surface area contributed by atoms with Crippen molar-refractivity contribution in [2.75, 3.05) is 6.54 Å². The summed E-state index contributed by atoms with van der Waals surface area (Å²) in [6.07, 6.45) is 5.36. The maximum Gasteiger partial charge on any atom is 0.245 e. The molecule has 1 aromatic carbocycles. The van der Waals surface area contributed by atoms with Crippen LogP contribution in [0.25, 0.3) is 0 Å². The number of benzene rings is 1. The van der Waals surface area contributed by atoms with Crippen LogP contribution in [0.4, 0.5) is 0 Å². The molecular formula is C18H16ClN3O2S. The largest absolute Gasteiger partial charge is 0.348 e. The lowest BCUT2D eigenvalue weighted by Crippen LogP contribution is -2.42. The predicted molar refractivity (Wildman–Crippen MR) is 95.9 cm³/mol. The van der Waals surface area contributed by atoms with Crippen LogP contribution in [0.15, 0.2) is 72.0 Å². The zero-order valence-corrected chi connectivity index (χ0v) is 14.9. The van der Waals surface area contributed by atoms with E-state index in [0.717, 1.165) is 11.3 Å². The lowest BCUT2D eigenvalue weighted by atomic mass is 10.0. The Kier molecular flexibility index (Phi) is 4.11. The number of pyridine rings is 1. The molecule has 128 valence electrons. The monoisotopic (exact) mass is 373 g/mol. The average molecular weight is 374 g/mol. The summed E-state index contributed by atoms with van der Waals surface area (Å²) in [5.74, 6) is 0. The van der Waals surface area contributed by atoms with Gasteiger partial charge >= 0.3 is 0 Å². The highest BCUT2D eigenvalue weighted by Crippen LogP contribution is 2.37. The molecule has 1 aliphatic rings. The Bertz CT molecular complexity index is 1000. The fraction of sp³-hybridized carbons (Fsp3) is 0.167. The first-order valence-corrected chi connectivity index (χ1v) is 9.72. The Morgan fingerprint density at radius 2 is 1.88 bits per heavy atom. The van der Waals surface area contributed by atoms with Crippen molar-refractivity contribution in [3.05, 3.63) is 83.4 Å². The van der Waals surface area contributed by atoms with Crippen molar-refractivity contribution >= 4 is 21.6 Å². The van der Waals surface area contributed by atoms with Gasteiger partial charge in [-0.1, -0.05) is 29.8 Å². The van der Waals surface area contributed by atoms with Crippen LogP contribution in [0.5, 0.6) is 0 Å². The van der Waals surface area contributed by atoms with Crippen molar-refractivity contribution in [3.63, 3.8) is 0 Å². The number of rotatable bonds is 3. The lowest BCUT2D eigenvalue weighted by Gasteiger charge is -2.36. The van der Waals surface area contributed by atoms with Crippen molar-refractivity contribution in [1.29, 1.82) is 0 Å². The van der Waals surface area contributed by atoms with E-state index in [4.69, 9.17) is 11.6 Å². The van der Waals surface area contributed by atoms with Crippen LogP contribution in [0.2, 0.25) is 5.02 Å². The Morgan fingerprint density at radius 1 is 1.04 bits per heavy atom. The highest BCUT2D eigenvalue weighted by Gasteiger charge is 2.38. The van der Waals surface area contributed by atoms with Crippen molar-refractivity contribution in [3.8, 4) is 0 Å². The standard InChI is InChI=1S/C18H16ClN3O2S/c19-15-6-1-2-8-17(15)25(23,24)22-12-11-21-10-4-7-16(21)18(22)14-5-3-9-20-13-14/h1-10,13,18H,11-12H2. The van der Waals surface area contributed by atoms with Gasteiger partial charge in [-0.2, -0.15) is 4.31 Å². The number of sulfonamides is 1. The summed E-state index contributed by atoms with van der Waals surface area (Å²) in [6.45, 7) is 0.970. The Morgan fingerprint density at radius 3 is 2.64 bits per heavy atom. The van der Waals surface area contributed by atoms with Gasteiger partial charge in [-0.25, -0.2) is 8.42 Å². The molecule has 1 aliphatic heterocycles. The molecular weight excluding hydrogens is 358 g/mol. The minimum atomic E-state index is -3.75. The van der Waals surface area contributed by atoms with E-state index in [0.29, 0.717) is 13.1 Å². The molecule has 7 heteroatoms. The minimum Gasteiger partial charge on any atom is -0.348 e. The van der Waals surface area contributed by atoms with E-state index < -0.39 is 16.1 Å². The molecule has 5 nitrogen and oxygen atoms in total. The third kappa shape index (κ3) is 2.76. The molecule has 3 heterocycles. The second-order valence-corrected chi connectivity index (χ2v) is 8.13. The lowest BCUT2D eigenvalue weighted by molar-refractivity contribution is 0.298. The smallest absolute Gasteiger partial charge is 0.245 e. The number of halogens is 1. The normalized spacial score (nSPS) is 18.0. The van der Waals surface area contributed by atoms with Gasteiger partial charge < -0.3 is 4.57 Å². The summed E-state index contributed by atoms with van der Waals surface area (Å²) in [5, 5.41) is 0.230. The van der Waals surface area contributed by atoms with E-state index in [2.05, 4.69) is 9.55 Å². The summed E-state index contributed by atoms with van der Waals surface area (Å²) in [4.78, 5) is 4.30. The van der Waals surface area contributed by atoms with Crippen LogP contribution in [-0.4, -0.2) is 28.8 Å². The van der Waals surface area contributed by atoms with Crippen molar-refractivity contribution < 1.29 is 8.42 Å². The predicted octanol–water partition coefficient (Wildman–Crippen LogP) is 3.33. The number of fused-ring (bicyclic) bond motifs is 1. The van der Waals surface area contributed by atoms with E-state index in [1.807, 2.05) is 30.5 Å². The molecule has 0 N–H and O–H groups in total. The zero-order valence-electron chi connectivity index (χ0n) is 13.3. The summed E-state index contributed by atoms with van der Waals surface area (Å²) < 4.78 is 30.3. The van der Waals surface area contributed by atoms with Gasteiger partial charge in [0.1, 0.15) is 4.90 Å². The second kappa shape index (κ2) is 6.29. The van der Waals surface area contributed by atoms with E-state index in [1.165, 1.54) is 4.31 Å². The van der Waals surface area contributed by atoms with Crippen LogP contribution in [-0.2, 0) is 16.6 Å². The van der Waals surface area contributed by atoms with E-state index in [1.54, 1.807) is 36.7 Å². The van der Waals surface area contributed by atoms with Gasteiger partial charge in [-0.3, -0.25) is 4.98 Å². The van der Waals surface area contributed by atoms with Gasteiger partial charge in [0.15, 0.2) is 0 Å². The second-order valence-electron chi connectivity index (χ2n) is 5.86. The third-order valence-corrected chi connectivity index (χ3v) is 6.78. The summed E-state index contributed by atoms with van der Waals surface area (Å²) in [6, 6.07) is 13.7. The molecule has 0 saturated heterocycles. The summed E-state index contributed by atoms with van der Waals surface area (Å²) in [5.41, 5.74) is 1.76. The summed E-state index contributed by atoms with van der Waals surface area (Å²) in [7, 11) is -3.75. The van der Waals surface area contributed by atoms with Gasteiger partial charge in [0, 0.05) is 37.4 Å². The van der Waals surface area contributed by atoms with Crippen molar-refractivity contribution in [2.45, 2.75) is 17.5 Å². The molecule has 1 atom stereocenters. The van der Waals surface area contributed by atoms with Gasteiger partial charge in [0.2, 0.25) is 10.0 Å². The maximum absolute atomic E-state index is 13.3. The molecule has 0 aliphatic carbocycles. The quantitative estimate of drug-likeness (QED) is 0.707. The van der Waals surface area contributed by atoms with Gasteiger partial charge in [-0.15, -0.1) is 0 Å². The molecule has 0 fully saturated rings. The Hall–Kier alpha value is -2.15. The molecule has 0 amide bonds. The number of aromatic nitrogens is 2. The van der Waals surface area contributed by atoms with Gasteiger partial charge in [0.05, 0.1) is 11.1 Å². The Labute approximate surface area is 151 Å². The molecule has 25 heavy (non-hydrogen) atoms. The van der Waals surface area contributed by atoms with Crippen molar-refractivity contribution in [2.24, 2.45) is 0 Å². The SMILES string of the molecule is O=S(=O)(c1ccccc1Cl)N1CCn2cccc2C1c1cccnc1. The molecule has 4 rings (SSSR count). The highest BCUT2D eigenvalue weighted by atomic mass is 35.5. The molecule has 0 saturated carbocycles. The average Bonchev–Trinajstić information content (AvgIpc) is 3.10. The topological polar surface area (TPSA) is 55.2 Å². The fourth-order valence-electron chi connectivity index (χ4n) is 3.28. The molecule has 1 unspecified atom stereocenters. The molecule has 0 spiro atoms. The molecule has 0 radical (unpaired) electrons. The minimum absolute atomic E-state index is 0.130. The van der Waals surface area contributed by atoms with Gasteiger partial charge in [0.25, 0.3) is 0 Å². The maximum atomic E-state index is 13.3. The highest BCUT2D eigenvalue weighted by molar-refractivity contribution is 7.89. The van der Waals surface area contributed by atoms with Gasteiger partial charge in [-0.05, 0) is 35.9 Å². The van der Waals surface area contributed by atoms with Crippen molar-refractivity contribution in [1.82, 2.24) is 13.9 Å². The van der Waals surface area contributed by atoms with E-state index in [-0.39, 0.29) is 9.92 Å². The van der Waals surface area contributed by atoms with Crippen LogP contribution in [0.1, 0.15) is 17.3 Å². The van der Waals surface area contributed by atoms with Crippen LogP contribution in [0.3, 0.4) is 0 Å².